The molecule has 0 spiro atoms. The van der Waals surface area contributed by atoms with E-state index in [1.54, 1.807) is 0 Å². The smallest absolute Gasteiger partial charge is 0.325 e. The molecular formula is C13H14N2O6. The van der Waals surface area contributed by atoms with Crippen LogP contribution in [-0.2, 0) is 9.53 Å². The topological polar surface area (TPSA) is 110 Å². The van der Waals surface area contributed by atoms with E-state index >= 15 is 0 Å². The zero-order valence-corrected chi connectivity index (χ0v) is 11.3. The Hall–Kier alpha value is -2.64. The largest absolute Gasteiger partial charge is 0.502 e. The number of ether oxygens (including phenoxy) is 1. The Morgan fingerprint density at radius 3 is 2.67 bits per heavy atom. The summed E-state index contributed by atoms with van der Waals surface area (Å²) < 4.78 is 4.53. The van der Waals surface area contributed by atoms with Crippen molar-refractivity contribution in [1.82, 2.24) is 4.90 Å². The zero-order valence-electron chi connectivity index (χ0n) is 11.3. The van der Waals surface area contributed by atoms with Crippen molar-refractivity contribution in [3.63, 3.8) is 0 Å². The molecule has 21 heavy (non-hydrogen) atoms. The van der Waals surface area contributed by atoms with Crippen molar-refractivity contribution in [3.8, 4) is 5.75 Å². The van der Waals surface area contributed by atoms with Crippen LogP contribution in [0, 0.1) is 10.1 Å². The van der Waals surface area contributed by atoms with Gasteiger partial charge < -0.3 is 14.7 Å². The third-order valence-electron chi connectivity index (χ3n) is 3.22. The molecule has 1 amide bonds. The predicted octanol–water partition coefficient (Wildman–Crippen LogP) is 1.08. The number of methoxy groups -OCH3 is 1. The van der Waals surface area contributed by atoms with E-state index in [2.05, 4.69) is 4.74 Å². The first-order valence-corrected chi connectivity index (χ1v) is 6.30. The molecule has 1 fully saturated rings. The molecule has 0 unspecified atom stereocenters. The summed E-state index contributed by atoms with van der Waals surface area (Å²) in [4.78, 5) is 35.1. The van der Waals surface area contributed by atoms with Gasteiger partial charge in [0.15, 0.2) is 0 Å². The number of aromatic hydroxyl groups is 1. The first-order chi connectivity index (χ1) is 9.95. The van der Waals surface area contributed by atoms with Gasteiger partial charge in [-0.3, -0.25) is 19.7 Å². The molecule has 0 radical (unpaired) electrons. The number of hydrogen-bond acceptors (Lipinski definition) is 6. The molecule has 1 N–H and O–H groups in total. The van der Waals surface area contributed by atoms with Gasteiger partial charge in [-0.25, -0.2) is 0 Å². The van der Waals surface area contributed by atoms with Gasteiger partial charge in [-0.2, -0.15) is 0 Å². The zero-order chi connectivity index (χ0) is 15.6. The van der Waals surface area contributed by atoms with Crippen LogP contribution in [0.1, 0.15) is 23.2 Å². The van der Waals surface area contributed by atoms with Gasteiger partial charge in [-0.15, -0.1) is 0 Å². The molecule has 0 aromatic heterocycles. The molecule has 0 saturated heterocycles. The van der Waals surface area contributed by atoms with Crippen LogP contribution < -0.4 is 0 Å². The minimum atomic E-state index is -0.770. The number of carbonyl (C=O) groups excluding carboxylic acids is 2. The summed E-state index contributed by atoms with van der Waals surface area (Å²) in [5, 5.41) is 20.6. The molecule has 1 aromatic carbocycles. The van der Waals surface area contributed by atoms with Crippen LogP contribution in [0.15, 0.2) is 18.2 Å². The minimum Gasteiger partial charge on any atom is -0.502 e. The maximum Gasteiger partial charge on any atom is 0.325 e. The summed E-state index contributed by atoms with van der Waals surface area (Å²) in [6.45, 7) is -0.248. The lowest BCUT2D eigenvalue weighted by atomic mass is 10.1. The second-order valence-electron chi connectivity index (χ2n) is 4.67. The maximum atomic E-state index is 12.4. The van der Waals surface area contributed by atoms with Gasteiger partial charge in [0.05, 0.1) is 17.6 Å². The van der Waals surface area contributed by atoms with Crippen molar-refractivity contribution in [2.75, 3.05) is 13.7 Å². The second-order valence-corrected chi connectivity index (χ2v) is 4.67. The number of nitro groups is 1. The maximum absolute atomic E-state index is 12.4. The molecule has 0 aliphatic heterocycles. The van der Waals surface area contributed by atoms with Crippen molar-refractivity contribution in [3.05, 3.63) is 33.9 Å². The van der Waals surface area contributed by atoms with Crippen LogP contribution in [-0.4, -0.2) is 46.5 Å². The first kappa shape index (κ1) is 14.8. The molecule has 8 heteroatoms. The number of para-hydroxylation sites is 1. The van der Waals surface area contributed by atoms with Gasteiger partial charge in [0.25, 0.3) is 5.91 Å². The van der Waals surface area contributed by atoms with Crippen molar-refractivity contribution in [1.29, 1.82) is 0 Å². The molecule has 8 nitrogen and oxygen atoms in total. The van der Waals surface area contributed by atoms with Crippen LogP contribution in [0.2, 0.25) is 0 Å². The van der Waals surface area contributed by atoms with E-state index in [1.165, 1.54) is 24.1 Å². The highest BCUT2D eigenvalue weighted by atomic mass is 16.6. The SMILES string of the molecule is COC(=O)CN(C(=O)c1cccc([N+](=O)[O-])c1O)C1CC1. The molecule has 112 valence electrons. The summed E-state index contributed by atoms with van der Waals surface area (Å²) in [6.07, 6.45) is 1.50. The van der Waals surface area contributed by atoms with E-state index in [9.17, 15) is 24.8 Å². The first-order valence-electron chi connectivity index (χ1n) is 6.30. The van der Waals surface area contributed by atoms with E-state index < -0.39 is 28.2 Å². The fourth-order valence-corrected chi connectivity index (χ4v) is 1.96. The fraction of sp³-hybridized carbons (Fsp3) is 0.385. The summed E-state index contributed by atoms with van der Waals surface area (Å²) in [6, 6.07) is 3.61. The van der Waals surface area contributed by atoms with Crippen LogP contribution >= 0.6 is 0 Å². The normalized spacial score (nSPS) is 13.6. The Labute approximate surface area is 120 Å². The lowest BCUT2D eigenvalue weighted by Crippen LogP contribution is -2.38. The van der Waals surface area contributed by atoms with Crippen LogP contribution in [0.25, 0.3) is 0 Å². The Bertz CT molecular complexity index is 596. The van der Waals surface area contributed by atoms with E-state index in [-0.39, 0.29) is 18.2 Å². The van der Waals surface area contributed by atoms with Gasteiger partial charge in [0.1, 0.15) is 6.54 Å². The molecule has 1 aromatic rings. The third-order valence-corrected chi connectivity index (χ3v) is 3.22. The average molecular weight is 294 g/mol. The molecule has 0 atom stereocenters. The van der Waals surface area contributed by atoms with Gasteiger partial charge in [0, 0.05) is 12.1 Å². The number of esters is 1. The molecule has 1 aliphatic rings. The number of amides is 1. The van der Waals surface area contributed by atoms with Gasteiger partial charge in [0.2, 0.25) is 5.75 Å². The van der Waals surface area contributed by atoms with Gasteiger partial charge in [-0.1, -0.05) is 6.07 Å². The van der Waals surface area contributed by atoms with Crippen molar-refractivity contribution < 1.29 is 24.4 Å². The number of nitrogens with zero attached hydrogens (tertiary/aromatic N) is 2. The van der Waals surface area contributed by atoms with Crippen molar-refractivity contribution in [2.45, 2.75) is 18.9 Å². The van der Waals surface area contributed by atoms with Gasteiger partial charge in [-0.05, 0) is 18.9 Å². The van der Waals surface area contributed by atoms with E-state index in [1.807, 2.05) is 0 Å². The number of phenols is 1. The summed E-state index contributed by atoms with van der Waals surface area (Å²) in [7, 11) is 1.21. The molecular weight excluding hydrogens is 280 g/mol. The van der Waals surface area contributed by atoms with E-state index in [4.69, 9.17) is 0 Å². The van der Waals surface area contributed by atoms with Crippen LogP contribution in [0.4, 0.5) is 5.69 Å². The number of hydrogen-bond donors (Lipinski definition) is 1. The number of benzene rings is 1. The summed E-state index contributed by atoms with van der Waals surface area (Å²) in [5.74, 6) is -1.90. The van der Waals surface area contributed by atoms with E-state index in [0.717, 1.165) is 18.9 Å². The summed E-state index contributed by atoms with van der Waals surface area (Å²) >= 11 is 0. The molecule has 1 saturated carbocycles. The lowest BCUT2D eigenvalue weighted by molar-refractivity contribution is -0.385. The van der Waals surface area contributed by atoms with Gasteiger partial charge >= 0.3 is 11.7 Å². The Balaban J connectivity index is 2.31. The Kier molecular flexibility index (Phi) is 4.06. The average Bonchev–Trinajstić information content (AvgIpc) is 3.28. The molecule has 0 bridgehead atoms. The number of nitro benzene ring substituents is 1. The third kappa shape index (κ3) is 3.10. The second kappa shape index (κ2) is 5.78. The standard InChI is InChI=1S/C13H14N2O6/c1-21-11(16)7-14(8-5-6-8)13(18)9-3-2-4-10(12(9)17)15(19)20/h2-4,8,17H,5-7H2,1H3. The molecule has 2 rings (SSSR count). The monoisotopic (exact) mass is 294 g/mol. The Morgan fingerprint density at radius 2 is 2.14 bits per heavy atom. The Morgan fingerprint density at radius 1 is 1.48 bits per heavy atom. The number of rotatable bonds is 5. The fourth-order valence-electron chi connectivity index (χ4n) is 1.96. The molecule has 1 aliphatic carbocycles. The lowest BCUT2D eigenvalue weighted by Gasteiger charge is -2.21. The quantitative estimate of drug-likeness (QED) is 0.494. The van der Waals surface area contributed by atoms with Crippen molar-refractivity contribution >= 4 is 17.6 Å². The predicted molar refractivity (Wildman–Crippen MR) is 70.8 cm³/mol. The highest BCUT2D eigenvalue weighted by molar-refractivity contribution is 5.99. The van der Waals surface area contributed by atoms with Crippen LogP contribution in [0.3, 0.4) is 0 Å². The molecule has 0 heterocycles. The van der Waals surface area contributed by atoms with Crippen molar-refractivity contribution in [2.24, 2.45) is 0 Å². The highest BCUT2D eigenvalue weighted by Gasteiger charge is 2.36. The van der Waals surface area contributed by atoms with E-state index in [0.29, 0.717) is 0 Å². The van der Waals surface area contributed by atoms with Crippen LogP contribution in [0.5, 0.6) is 5.75 Å². The number of carbonyl (C=O) groups is 2. The highest BCUT2D eigenvalue weighted by Crippen LogP contribution is 2.33. The summed E-state index contributed by atoms with van der Waals surface area (Å²) in [5.41, 5.74) is -0.741. The number of phenolic OH excluding ortho intramolecular Hbond substituents is 1. The minimum absolute atomic E-state index is 0.102.